The van der Waals surface area contributed by atoms with E-state index < -0.39 is 5.91 Å². The highest BCUT2D eigenvalue weighted by atomic mass is 16.2. The highest BCUT2D eigenvalue weighted by Gasteiger charge is 2.18. The predicted molar refractivity (Wildman–Crippen MR) is 163 cm³/mol. The second-order valence-electron chi connectivity index (χ2n) is 10.0. The summed E-state index contributed by atoms with van der Waals surface area (Å²) in [7, 11) is 5.14. The summed E-state index contributed by atoms with van der Waals surface area (Å²) in [5, 5.41) is 13.5. The van der Waals surface area contributed by atoms with E-state index in [9.17, 15) is 14.4 Å². The van der Waals surface area contributed by atoms with E-state index in [0.29, 0.717) is 22.8 Å². The number of aryl methyl sites for hydroxylation is 3. The van der Waals surface area contributed by atoms with E-state index in [1.165, 1.54) is 6.20 Å². The largest absolute Gasteiger partial charge is 0.367 e. The number of pyridine rings is 2. The summed E-state index contributed by atoms with van der Waals surface area (Å²) in [4.78, 5) is 51.4. The van der Waals surface area contributed by atoms with Crippen molar-refractivity contribution in [3.05, 3.63) is 96.9 Å². The molecule has 0 aliphatic heterocycles. The van der Waals surface area contributed by atoms with Crippen LogP contribution in [-0.2, 0) is 21.1 Å². The number of imidazole rings is 1. The Hall–Kier alpha value is -5.98. The van der Waals surface area contributed by atoms with Crippen molar-refractivity contribution >= 4 is 56.6 Å². The van der Waals surface area contributed by atoms with Crippen LogP contribution in [0.3, 0.4) is 0 Å². The lowest BCUT2D eigenvalue weighted by atomic mass is 10.1. The van der Waals surface area contributed by atoms with E-state index in [4.69, 9.17) is 0 Å². The molecule has 216 valence electrons. The van der Waals surface area contributed by atoms with E-state index in [1.54, 1.807) is 78.0 Å². The molecule has 13 heteroatoms. The first-order chi connectivity index (χ1) is 20.8. The topological polar surface area (TPSA) is 153 Å². The minimum absolute atomic E-state index is 0.168. The summed E-state index contributed by atoms with van der Waals surface area (Å²) in [6.07, 6.45) is 9.94. The first-order valence-corrected chi connectivity index (χ1v) is 13.3. The van der Waals surface area contributed by atoms with Crippen LogP contribution < -0.4 is 21.3 Å². The molecule has 0 bridgehead atoms. The number of hydrogen-bond acceptors (Lipinski definition) is 7. The fourth-order valence-electron chi connectivity index (χ4n) is 4.83. The number of aromatic nitrogens is 6. The average Bonchev–Trinajstić information content (AvgIpc) is 3.70. The first kappa shape index (κ1) is 27.2. The Labute approximate surface area is 245 Å². The Morgan fingerprint density at radius 1 is 0.698 bits per heavy atom. The highest BCUT2D eigenvalue weighted by molar-refractivity contribution is 6.07. The number of hydrogen-bond donors (Lipinski definition) is 4. The lowest BCUT2D eigenvalue weighted by molar-refractivity contribution is 0.0946. The minimum Gasteiger partial charge on any atom is -0.367 e. The Morgan fingerprint density at radius 3 is 2.09 bits per heavy atom. The van der Waals surface area contributed by atoms with Crippen LogP contribution in [-0.4, -0.2) is 53.0 Å². The zero-order valence-corrected chi connectivity index (χ0v) is 23.6. The summed E-state index contributed by atoms with van der Waals surface area (Å²) in [5.74, 6) is -0.856. The van der Waals surface area contributed by atoms with Crippen LogP contribution in [0.1, 0.15) is 31.6 Å². The van der Waals surface area contributed by atoms with Gasteiger partial charge in [0.05, 0.1) is 41.0 Å². The lowest BCUT2D eigenvalue weighted by Crippen LogP contribution is -2.30. The molecule has 5 aromatic heterocycles. The van der Waals surface area contributed by atoms with Gasteiger partial charge in [0.15, 0.2) is 5.82 Å². The first-order valence-electron chi connectivity index (χ1n) is 13.3. The van der Waals surface area contributed by atoms with Gasteiger partial charge in [-0.15, -0.1) is 0 Å². The van der Waals surface area contributed by atoms with Gasteiger partial charge in [-0.3, -0.25) is 24.4 Å². The van der Waals surface area contributed by atoms with Gasteiger partial charge < -0.3 is 35.0 Å². The maximum atomic E-state index is 13.0. The third-order valence-electron chi connectivity index (χ3n) is 6.98. The molecule has 0 unspecified atom stereocenters. The molecule has 0 atom stereocenters. The molecule has 0 fully saturated rings. The number of amides is 3. The predicted octanol–water partition coefficient (Wildman–Crippen LogP) is 3.50. The molecule has 13 nitrogen and oxygen atoms in total. The van der Waals surface area contributed by atoms with Crippen LogP contribution in [0.15, 0.2) is 79.6 Å². The van der Waals surface area contributed by atoms with Crippen molar-refractivity contribution in [2.45, 2.75) is 0 Å². The van der Waals surface area contributed by atoms with Crippen LogP contribution in [0.4, 0.5) is 17.1 Å². The minimum atomic E-state index is -0.397. The number of carbonyl (C=O) groups is 3. The summed E-state index contributed by atoms with van der Waals surface area (Å²) in [6, 6.07) is 13.0. The molecular formula is C30H28N10O3. The van der Waals surface area contributed by atoms with Crippen LogP contribution in [0, 0.1) is 0 Å². The van der Waals surface area contributed by atoms with Crippen molar-refractivity contribution in [3.63, 3.8) is 0 Å². The molecule has 43 heavy (non-hydrogen) atoms. The fourth-order valence-corrected chi connectivity index (χ4v) is 4.83. The fraction of sp³-hybridized carbons (Fsp3) is 0.133. The van der Waals surface area contributed by atoms with Gasteiger partial charge in [-0.1, -0.05) is 18.2 Å². The molecule has 1 aromatic carbocycles. The molecule has 0 saturated heterocycles. The van der Waals surface area contributed by atoms with Gasteiger partial charge in [-0.25, -0.2) is 4.98 Å². The van der Waals surface area contributed by atoms with E-state index in [2.05, 4.69) is 36.2 Å². The highest BCUT2D eigenvalue weighted by Crippen LogP contribution is 2.24. The van der Waals surface area contributed by atoms with Crippen molar-refractivity contribution in [1.29, 1.82) is 0 Å². The SMILES string of the molecule is Cn1cc(NC(=O)c2cc(NC(=O)c3nccn3C)cn2C)cc1C(=O)NCNc1cnc2c(ccc3cccnc32)c1. The molecule has 0 aliphatic rings. The molecule has 6 rings (SSSR count). The van der Waals surface area contributed by atoms with E-state index in [0.717, 1.165) is 27.5 Å². The van der Waals surface area contributed by atoms with E-state index >= 15 is 0 Å². The van der Waals surface area contributed by atoms with Gasteiger partial charge in [0.25, 0.3) is 17.7 Å². The smallest absolute Gasteiger partial charge is 0.291 e. The Morgan fingerprint density at radius 2 is 1.37 bits per heavy atom. The Kier molecular flexibility index (Phi) is 7.04. The number of anilines is 3. The van der Waals surface area contributed by atoms with Crippen molar-refractivity contribution < 1.29 is 14.4 Å². The van der Waals surface area contributed by atoms with E-state index in [1.807, 2.05) is 30.3 Å². The standard InChI is InChI=1S/C30H28N10O3/c1-38-10-9-32-27(38)30(43)37-22-13-24(40(3)16-22)29(42)36-21-12-23(39(2)15-21)28(41)35-17-34-20-11-19-7-6-18-5-4-8-31-25(18)26(19)33-14-20/h4-16,34H,17H2,1-3H3,(H,35,41)(H,36,42)(H,37,43). The maximum absolute atomic E-state index is 13.0. The maximum Gasteiger partial charge on any atom is 0.291 e. The van der Waals surface area contributed by atoms with Crippen molar-refractivity contribution in [3.8, 4) is 0 Å². The Bertz CT molecular complexity index is 2020. The average molecular weight is 577 g/mol. The number of nitrogens with one attached hydrogen (secondary N) is 4. The molecule has 0 radical (unpaired) electrons. The van der Waals surface area contributed by atoms with E-state index in [-0.39, 0.29) is 24.3 Å². The van der Waals surface area contributed by atoms with Gasteiger partial charge in [-0.05, 0) is 24.3 Å². The van der Waals surface area contributed by atoms with Crippen LogP contribution in [0.5, 0.6) is 0 Å². The third-order valence-corrected chi connectivity index (χ3v) is 6.98. The van der Waals surface area contributed by atoms with Crippen LogP contribution in [0.25, 0.3) is 21.8 Å². The second kappa shape index (κ2) is 11.1. The monoisotopic (exact) mass is 576 g/mol. The van der Waals surface area contributed by atoms with Crippen LogP contribution in [0.2, 0.25) is 0 Å². The van der Waals surface area contributed by atoms with Gasteiger partial charge in [0.2, 0.25) is 0 Å². The zero-order chi connectivity index (χ0) is 30.1. The summed E-state index contributed by atoms with van der Waals surface area (Å²) in [6.45, 7) is 0.168. The van der Waals surface area contributed by atoms with Crippen molar-refractivity contribution in [2.75, 3.05) is 22.6 Å². The molecular weight excluding hydrogens is 548 g/mol. The quantitative estimate of drug-likeness (QED) is 0.160. The van der Waals surface area contributed by atoms with Gasteiger partial charge in [0.1, 0.15) is 11.4 Å². The molecule has 6 aromatic rings. The summed E-state index contributed by atoms with van der Waals surface area (Å²) in [5.41, 5.74) is 3.99. The van der Waals surface area contributed by atoms with Gasteiger partial charge >= 0.3 is 0 Å². The second-order valence-corrected chi connectivity index (χ2v) is 10.0. The van der Waals surface area contributed by atoms with Crippen molar-refractivity contribution in [2.24, 2.45) is 21.1 Å². The molecule has 5 heterocycles. The third kappa shape index (κ3) is 5.51. The molecule has 4 N–H and O–H groups in total. The number of nitrogens with zero attached hydrogens (tertiary/aromatic N) is 6. The van der Waals surface area contributed by atoms with Gasteiger partial charge in [0, 0.05) is 62.9 Å². The number of carbonyl (C=O) groups excluding carboxylic acids is 3. The molecule has 0 saturated carbocycles. The normalized spacial score (nSPS) is 11.0. The molecule has 0 aliphatic carbocycles. The van der Waals surface area contributed by atoms with Gasteiger partial charge in [-0.2, -0.15) is 0 Å². The summed E-state index contributed by atoms with van der Waals surface area (Å²) >= 11 is 0. The molecule has 3 amide bonds. The number of rotatable bonds is 8. The zero-order valence-electron chi connectivity index (χ0n) is 23.6. The Balaban J connectivity index is 1.06. The molecule has 0 spiro atoms. The summed E-state index contributed by atoms with van der Waals surface area (Å²) < 4.78 is 4.83. The van der Waals surface area contributed by atoms with Crippen LogP contribution >= 0.6 is 0 Å². The number of benzene rings is 1. The van der Waals surface area contributed by atoms with Crippen molar-refractivity contribution in [1.82, 2.24) is 34.0 Å². The lowest BCUT2D eigenvalue weighted by Gasteiger charge is -2.10. The number of fused-ring (bicyclic) bond motifs is 3.